The SMILES string of the molecule is CC.CC.CCCSNC1CC(N(C)C(=N)c2ccn(SI)c2[N-]C)C1.[K+]. The molecule has 5 nitrogen and oxygen atoms in total. The minimum absolute atomic E-state index is 0. The average Bonchev–Trinajstić information content (AvgIpc) is 3.08. The van der Waals surface area contributed by atoms with Crippen molar-refractivity contribution in [3.63, 3.8) is 0 Å². The van der Waals surface area contributed by atoms with Crippen LogP contribution in [0.1, 0.15) is 59.4 Å². The molecule has 2 rings (SSSR count). The Balaban J connectivity index is 0. The zero-order valence-electron chi connectivity index (χ0n) is 18.2. The predicted octanol–water partition coefficient (Wildman–Crippen LogP) is 3.46. The normalized spacial score (nSPS) is 17.2. The zero-order valence-corrected chi connectivity index (χ0v) is 25.1. The summed E-state index contributed by atoms with van der Waals surface area (Å²) in [5, 5.41) is 12.8. The molecule has 0 amide bonds. The van der Waals surface area contributed by atoms with Gasteiger partial charge in [0.25, 0.3) is 0 Å². The van der Waals surface area contributed by atoms with Crippen LogP contribution in [0.4, 0.5) is 5.82 Å². The van der Waals surface area contributed by atoms with Crippen LogP contribution < -0.4 is 56.1 Å². The summed E-state index contributed by atoms with van der Waals surface area (Å²) in [5.41, 5.74) is 0.908. The molecule has 27 heavy (non-hydrogen) atoms. The molecule has 0 radical (unpaired) electrons. The van der Waals surface area contributed by atoms with Crippen molar-refractivity contribution in [2.24, 2.45) is 0 Å². The van der Waals surface area contributed by atoms with Crippen LogP contribution >= 0.6 is 42.3 Å². The van der Waals surface area contributed by atoms with E-state index in [4.69, 9.17) is 5.41 Å². The molecule has 1 aromatic rings. The summed E-state index contributed by atoms with van der Waals surface area (Å²) in [5.74, 6) is 2.59. The van der Waals surface area contributed by atoms with Crippen LogP contribution in [0.15, 0.2) is 12.3 Å². The number of nitrogens with one attached hydrogen (secondary N) is 2. The molecule has 1 aliphatic carbocycles. The number of hydrogen-bond donors (Lipinski definition) is 2. The smallest absolute Gasteiger partial charge is 0.468 e. The maximum atomic E-state index is 8.48. The summed E-state index contributed by atoms with van der Waals surface area (Å²) in [4.78, 5) is 2.09. The van der Waals surface area contributed by atoms with E-state index < -0.39 is 0 Å². The Bertz CT molecular complexity index is 510. The third kappa shape index (κ3) is 9.50. The maximum absolute atomic E-state index is 8.48. The molecule has 1 aliphatic rings. The first kappa shape index (κ1) is 30.8. The van der Waals surface area contributed by atoms with Crippen molar-refractivity contribution in [3.05, 3.63) is 23.1 Å². The van der Waals surface area contributed by atoms with Crippen LogP contribution in [-0.2, 0) is 0 Å². The van der Waals surface area contributed by atoms with Gasteiger partial charge >= 0.3 is 51.4 Å². The quantitative estimate of drug-likeness (QED) is 0.130. The van der Waals surface area contributed by atoms with Crippen LogP contribution in [0.3, 0.4) is 0 Å². The molecule has 0 aromatic carbocycles. The summed E-state index contributed by atoms with van der Waals surface area (Å²) in [7, 11) is 5.38. The van der Waals surface area contributed by atoms with Crippen molar-refractivity contribution in [1.29, 1.82) is 5.41 Å². The van der Waals surface area contributed by atoms with E-state index in [0.717, 1.165) is 30.0 Å². The minimum Gasteiger partial charge on any atom is -0.468 e. The van der Waals surface area contributed by atoms with Crippen molar-refractivity contribution in [1.82, 2.24) is 13.6 Å². The van der Waals surface area contributed by atoms with Gasteiger partial charge in [-0.1, -0.05) is 75.0 Å². The van der Waals surface area contributed by atoms with Crippen molar-refractivity contribution < 1.29 is 51.4 Å². The van der Waals surface area contributed by atoms with Gasteiger partial charge in [-0.2, -0.15) is 0 Å². The van der Waals surface area contributed by atoms with Gasteiger partial charge < -0.3 is 14.2 Å². The molecule has 1 saturated carbocycles. The Morgan fingerprint density at radius 1 is 1.37 bits per heavy atom. The third-order valence-corrected chi connectivity index (χ3v) is 6.77. The van der Waals surface area contributed by atoms with E-state index >= 15 is 0 Å². The van der Waals surface area contributed by atoms with Gasteiger partial charge in [-0.3, -0.25) is 10.1 Å². The van der Waals surface area contributed by atoms with Crippen molar-refractivity contribution >= 4 is 53.9 Å². The topological polar surface area (TPSA) is 58.2 Å². The first-order valence-corrected chi connectivity index (χ1v) is 13.7. The second-order valence-electron chi connectivity index (χ2n) is 5.42. The second-order valence-corrected chi connectivity index (χ2v) is 8.07. The van der Waals surface area contributed by atoms with Gasteiger partial charge in [-0.05, 0) is 46.3 Å². The summed E-state index contributed by atoms with van der Waals surface area (Å²) >= 11 is 4.06. The van der Waals surface area contributed by atoms with Crippen molar-refractivity contribution in [2.45, 2.75) is 66.0 Å². The Morgan fingerprint density at radius 3 is 2.44 bits per heavy atom. The van der Waals surface area contributed by atoms with Gasteiger partial charge in [-0.25, -0.2) is 0 Å². The largest absolute Gasteiger partial charge is 1.00 e. The number of nitrogens with zero attached hydrogens (tertiary/aromatic N) is 3. The van der Waals surface area contributed by atoms with E-state index in [2.05, 4.69) is 43.1 Å². The molecule has 1 fully saturated rings. The molecule has 0 bridgehead atoms. The number of amidine groups is 1. The average molecular weight is 552 g/mol. The molecule has 152 valence electrons. The fourth-order valence-corrected chi connectivity index (χ4v) is 4.57. The Hall–Kier alpha value is 1.58. The molecule has 0 unspecified atom stereocenters. The number of rotatable bonds is 8. The first-order valence-electron chi connectivity index (χ1n) is 9.41. The number of hydrogen-bond acceptors (Lipinski definition) is 4. The molecule has 1 heterocycles. The minimum atomic E-state index is 0. The first-order chi connectivity index (χ1) is 12.6. The molecule has 2 N–H and O–H groups in total. The van der Waals surface area contributed by atoms with Crippen LogP contribution in [-0.4, -0.2) is 46.6 Å². The van der Waals surface area contributed by atoms with Crippen molar-refractivity contribution in [2.75, 3.05) is 19.8 Å². The van der Waals surface area contributed by atoms with Gasteiger partial charge in [0.05, 0.1) is 0 Å². The summed E-state index contributed by atoms with van der Waals surface area (Å²) in [6.07, 6.45) is 5.39. The number of aromatic nitrogens is 1. The van der Waals surface area contributed by atoms with Gasteiger partial charge in [-0.15, -0.1) is 0 Å². The molecule has 0 spiro atoms. The summed E-state index contributed by atoms with van der Waals surface area (Å²) in [6.45, 7) is 10.2. The van der Waals surface area contributed by atoms with Gasteiger partial charge in [0.1, 0.15) is 5.84 Å². The van der Waals surface area contributed by atoms with E-state index in [9.17, 15) is 0 Å². The Morgan fingerprint density at radius 2 is 1.96 bits per heavy atom. The Kier molecular flexibility index (Phi) is 20.9. The number of halogens is 1. The van der Waals surface area contributed by atoms with Crippen LogP contribution in [0, 0.1) is 5.41 Å². The van der Waals surface area contributed by atoms with Crippen molar-refractivity contribution in [3.8, 4) is 0 Å². The molecule has 0 saturated heterocycles. The monoisotopic (exact) mass is 551 g/mol. The van der Waals surface area contributed by atoms with Crippen LogP contribution in [0.25, 0.3) is 5.32 Å². The van der Waals surface area contributed by atoms with Crippen LogP contribution in [0.2, 0.25) is 0 Å². The fraction of sp³-hybridized carbons (Fsp3) is 0.722. The maximum Gasteiger partial charge on any atom is 1.00 e. The molecule has 0 aliphatic heterocycles. The molecule has 0 atom stereocenters. The van der Waals surface area contributed by atoms with E-state index in [1.807, 2.05) is 62.9 Å². The third-order valence-electron chi connectivity index (χ3n) is 3.94. The summed E-state index contributed by atoms with van der Waals surface area (Å²) < 4.78 is 5.50. The molecular formula is C18H35IKN5S2. The van der Waals surface area contributed by atoms with E-state index in [1.165, 1.54) is 6.42 Å². The summed E-state index contributed by atoms with van der Waals surface area (Å²) in [6, 6.07) is 3.02. The predicted molar refractivity (Wildman–Crippen MR) is 130 cm³/mol. The molecule has 9 heteroatoms. The van der Waals surface area contributed by atoms with E-state index in [-0.39, 0.29) is 51.4 Å². The van der Waals surface area contributed by atoms with E-state index in [1.54, 1.807) is 16.2 Å². The molecular weight excluding hydrogens is 516 g/mol. The Labute approximate surface area is 230 Å². The van der Waals surface area contributed by atoms with Gasteiger partial charge in [0.15, 0.2) is 0 Å². The molecule has 1 aromatic heterocycles. The van der Waals surface area contributed by atoms with Crippen LogP contribution in [0.5, 0.6) is 0 Å². The van der Waals surface area contributed by atoms with Gasteiger partial charge in [0.2, 0.25) is 0 Å². The zero-order chi connectivity index (χ0) is 20.1. The van der Waals surface area contributed by atoms with E-state index in [0.29, 0.717) is 17.9 Å². The second kappa shape index (κ2) is 18.4. The standard InChI is InChI=1S/C14H23IN5S2.2C2H6.K/c1-4-7-21-18-10-8-11(9-10)19(3)13(16)12-5-6-20(22-15)14(12)17-2;2*1-2;/h5-6,10-11,16,18H,4,7-9H2,1-3H3;2*1-2H3;/q-1;;;+1. The fourth-order valence-electron chi connectivity index (χ4n) is 2.52. The van der Waals surface area contributed by atoms with Gasteiger partial charge in [0, 0.05) is 30.4 Å².